The first-order valence-corrected chi connectivity index (χ1v) is 5.15. The van der Waals surface area contributed by atoms with Crippen molar-refractivity contribution in [2.75, 3.05) is 5.32 Å². The molecule has 2 rings (SSSR count). The van der Waals surface area contributed by atoms with Gasteiger partial charge in [-0.15, -0.1) is 10.2 Å². The molecule has 0 unspecified atom stereocenters. The highest BCUT2D eigenvalue weighted by Crippen LogP contribution is 2.14. The second-order valence-electron chi connectivity index (χ2n) is 3.01. The molecule has 0 fully saturated rings. The van der Waals surface area contributed by atoms with Gasteiger partial charge in [0.05, 0.1) is 11.3 Å². The number of hydrogen-bond acceptors (Lipinski definition) is 5. The number of carbonyl (C=O) groups excluding carboxylic acids is 1. The summed E-state index contributed by atoms with van der Waals surface area (Å²) >= 11 is 1.28. The zero-order valence-corrected chi connectivity index (χ0v) is 9.05. The molecule has 0 aromatic carbocycles. The normalized spacial score (nSPS) is 10.3. The van der Waals surface area contributed by atoms with Gasteiger partial charge in [0.15, 0.2) is 0 Å². The molecule has 7 heteroatoms. The summed E-state index contributed by atoms with van der Waals surface area (Å²) in [6.45, 7) is 3.58. The van der Waals surface area contributed by atoms with Gasteiger partial charge in [-0.3, -0.25) is 15.2 Å². The number of nitrogens with zero attached hydrogens (tertiary/aromatic N) is 3. The topological polar surface area (TPSA) is 83.6 Å². The van der Waals surface area contributed by atoms with Gasteiger partial charge in [-0.2, -0.15) is 5.10 Å². The van der Waals surface area contributed by atoms with E-state index in [1.54, 1.807) is 19.4 Å². The summed E-state index contributed by atoms with van der Waals surface area (Å²) in [7, 11) is 0. The third-order valence-corrected chi connectivity index (χ3v) is 2.54. The maximum Gasteiger partial charge on any atom is 0.261 e. The molecule has 0 bridgehead atoms. The van der Waals surface area contributed by atoms with Gasteiger partial charge in [0.2, 0.25) is 5.13 Å². The minimum Gasteiger partial charge on any atom is -0.296 e. The lowest BCUT2D eigenvalue weighted by Crippen LogP contribution is -2.13. The Kier molecular flexibility index (Phi) is 2.46. The molecule has 2 aromatic rings. The molecule has 0 saturated carbocycles. The van der Waals surface area contributed by atoms with E-state index in [0.29, 0.717) is 16.4 Å². The van der Waals surface area contributed by atoms with E-state index >= 15 is 0 Å². The van der Waals surface area contributed by atoms with Crippen LogP contribution in [0.15, 0.2) is 5.51 Å². The molecule has 0 radical (unpaired) electrons. The van der Waals surface area contributed by atoms with Crippen LogP contribution in [0.25, 0.3) is 0 Å². The van der Waals surface area contributed by atoms with Crippen LogP contribution in [-0.4, -0.2) is 26.3 Å². The predicted molar refractivity (Wildman–Crippen MR) is 55.9 cm³/mol. The van der Waals surface area contributed by atoms with Gasteiger partial charge < -0.3 is 0 Å². The number of carbonyl (C=O) groups is 1. The number of hydrogen-bond donors (Lipinski definition) is 2. The molecule has 0 spiro atoms. The number of aryl methyl sites for hydroxylation is 2. The van der Waals surface area contributed by atoms with Crippen molar-refractivity contribution >= 4 is 22.4 Å². The summed E-state index contributed by atoms with van der Waals surface area (Å²) in [5.41, 5.74) is 3.54. The van der Waals surface area contributed by atoms with Gasteiger partial charge in [-0.05, 0) is 13.8 Å². The second kappa shape index (κ2) is 3.77. The molecular weight excluding hydrogens is 214 g/mol. The van der Waals surface area contributed by atoms with Crippen LogP contribution in [0.4, 0.5) is 5.13 Å². The van der Waals surface area contributed by atoms with Gasteiger partial charge >= 0.3 is 0 Å². The number of aromatic amines is 1. The Morgan fingerprint density at radius 3 is 2.87 bits per heavy atom. The second-order valence-corrected chi connectivity index (χ2v) is 3.84. The van der Waals surface area contributed by atoms with Crippen LogP contribution in [0.3, 0.4) is 0 Å². The van der Waals surface area contributed by atoms with Gasteiger partial charge in [0.1, 0.15) is 5.51 Å². The average molecular weight is 223 g/mol. The fourth-order valence-electron chi connectivity index (χ4n) is 1.27. The maximum absolute atomic E-state index is 11.8. The number of anilines is 1. The van der Waals surface area contributed by atoms with E-state index < -0.39 is 0 Å². The molecule has 1 amide bonds. The van der Waals surface area contributed by atoms with Crippen molar-refractivity contribution in [1.82, 2.24) is 20.4 Å². The Balaban J connectivity index is 2.22. The number of aromatic nitrogens is 4. The Labute approximate surface area is 89.7 Å². The van der Waals surface area contributed by atoms with E-state index in [2.05, 4.69) is 25.7 Å². The highest BCUT2D eigenvalue weighted by atomic mass is 32.1. The fraction of sp³-hybridized carbons (Fsp3) is 0.250. The Bertz CT molecular complexity index is 456. The van der Waals surface area contributed by atoms with Gasteiger partial charge in [-0.1, -0.05) is 11.3 Å². The third-order valence-electron chi connectivity index (χ3n) is 1.94. The van der Waals surface area contributed by atoms with Crippen LogP contribution in [0.1, 0.15) is 21.7 Å². The molecule has 78 valence electrons. The summed E-state index contributed by atoms with van der Waals surface area (Å²) in [4.78, 5) is 11.8. The first-order valence-electron chi connectivity index (χ1n) is 4.27. The molecule has 0 aliphatic rings. The Morgan fingerprint density at radius 1 is 1.53 bits per heavy atom. The summed E-state index contributed by atoms with van der Waals surface area (Å²) in [5, 5.41) is 17.2. The minimum absolute atomic E-state index is 0.212. The van der Waals surface area contributed by atoms with E-state index in [1.807, 2.05) is 0 Å². The number of H-pyrrole nitrogens is 1. The van der Waals surface area contributed by atoms with Crippen molar-refractivity contribution < 1.29 is 4.79 Å². The summed E-state index contributed by atoms with van der Waals surface area (Å²) in [6.07, 6.45) is 0. The minimum atomic E-state index is -0.212. The molecule has 15 heavy (non-hydrogen) atoms. The predicted octanol–water partition coefficient (Wildman–Crippen LogP) is 1.13. The molecule has 0 aliphatic carbocycles. The van der Waals surface area contributed by atoms with Gasteiger partial charge in [0.25, 0.3) is 5.91 Å². The third kappa shape index (κ3) is 1.86. The maximum atomic E-state index is 11.8. The summed E-state index contributed by atoms with van der Waals surface area (Å²) in [5.74, 6) is -0.212. The van der Waals surface area contributed by atoms with Crippen LogP contribution in [-0.2, 0) is 0 Å². The molecule has 6 nitrogen and oxygen atoms in total. The molecule has 2 aromatic heterocycles. The lowest BCUT2D eigenvalue weighted by Gasteiger charge is -2.00. The van der Waals surface area contributed by atoms with Crippen molar-refractivity contribution in [2.45, 2.75) is 13.8 Å². The van der Waals surface area contributed by atoms with E-state index in [4.69, 9.17) is 0 Å². The van der Waals surface area contributed by atoms with E-state index in [1.165, 1.54) is 11.3 Å². The van der Waals surface area contributed by atoms with Gasteiger partial charge in [-0.25, -0.2) is 0 Å². The molecule has 0 aliphatic heterocycles. The highest BCUT2D eigenvalue weighted by Gasteiger charge is 2.15. The van der Waals surface area contributed by atoms with Crippen molar-refractivity contribution in [3.63, 3.8) is 0 Å². The monoisotopic (exact) mass is 223 g/mol. The van der Waals surface area contributed by atoms with Crippen LogP contribution in [0.5, 0.6) is 0 Å². The number of amides is 1. The highest BCUT2D eigenvalue weighted by molar-refractivity contribution is 7.13. The molecule has 0 saturated heterocycles. The zero-order valence-electron chi connectivity index (χ0n) is 8.24. The van der Waals surface area contributed by atoms with Crippen molar-refractivity contribution in [3.05, 3.63) is 22.5 Å². The smallest absolute Gasteiger partial charge is 0.261 e. The Morgan fingerprint density at radius 2 is 2.33 bits per heavy atom. The van der Waals surface area contributed by atoms with Crippen molar-refractivity contribution in [1.29, 1.82) is 0 Å². The van der Waals surface area contributed by atoms with Crippen LogP contribution >= 0.6 is 11.3 Å². The summed E-state index contributed by atoms with van der Waals surface area (Å²) < 4.78 is 0. The molecule has 2 heterocycles. The van der Waals surface area contributed by atoms with Crippen LogP contribution < -0.4 is 5.32 Å². The number of nitrogens with one attached hydrogen (secondary N) is 2. The standard InChI is InChI=1S/C8H9N5OS/c1-4-6(5(2)12-11-4)7(14)10-8-13-9-3-15-8/h3H,1-2H3,(H,11,12)(H,10,13,14). The lowest BCUT2D eigenvalue weighted by atomic mass is 10.2. The van der Waals surface area contributed by atoms with E-state index in [0.717, 1.165) is 5.69 Å². The van der Waals surface area contributed by atoms with Gasteiger partial charge in [0, 0.05) is 5.69 Å². The fourth-order valence-corrected chi connectivity index (χ4v) is 1.71. The van der Waals surface area contributed by atoms with Crippen LogP contribution in [0, 0.1) is 13.8 Å². The quantitative estimate of drug-likeness (QED) is 0.799. The first-order chi connectivity index (χ1) is 7.18. The lowest BCUT2D eigenvalue weighted by molar-refractivity contribution is 0.102. The average Bonchev–Trinajstić information content (AvgIpc) is 2.77. The zero-order chi connectivity index (χ0) is 10.8. The molecular formula is C8H9N5OS. The van der Waals surface area contributed by atoms with Crippen LogP contribution in [0.2, 0.25) is 0 Å². The van der Waals surface area contributed by atoms with Crippen molar-refractivity contribution in [3.8, 4) is 0 Å². The Hall–Kier alpha value is -1.76. The number of rotatable bonds is 2. The largest absolute Gasteiger partial charge is 0.296 e. The SMILES string of the molecule is Cc1n[nH]c(C)c1C(=O)Nc1nncs1. The van der Waals surface area contributed by atoms with Crippen molar-refractivity contribution in [2.24, 2.45) is 0 Å². The molecule has 2 N–H and O–H groups in total. The van der Waals surface area contributed by atoms with E-state index in [-0.39, 0.29) is 5.91 Å². The first kappa shape index (κ1) is 9.78. The molecule has 0 atom stereocenters. The summed E-state index contributed by atoms with van der Waals surface area (Å²) in [6, 6.07) is 0. The van der Waals surface area contributed by atoms with E-state index in [9.17, 15) is 4.79 Å².